The third kappa shape index (κ3) is 6.17. The van der Waals surface area contributed by atoms with Gasteiger partial charge >= 0.3 is 0 Å². The van der Waals surface area contributed by atoms with Crippen molar-refractivity contribution in [3.63, 3.8) is 0 Å². The Morgan fingerprint density at radius 1 is 1.43 bits per heavy atom. The Hall–Kier alpha value is -0.340. The summed E-state index contributed by atoms with van der Waals surface area (Å²) in [5, 5.41) is 3.60. The summed E-state index contributed by atoms with van der Waals surface area (Å²) in [6, 6.07) is 1.25. The number of likely N-dealkylation sites (N-methyl/N-ethyl adjacent to an activating group) is 1. The topological polar surface area (TPSA) is 15.3 Å². The van der Waals surface area contributed by atoms with Gasteiger partial charge in [-0.05, 0) is 40.3 Å². The predicted molar refractivity (Wildman–Crippen MR) is 64.7 cm³/mol. The lowest BCUT2D eigenvalue weighted by Gasteiger charge is -2.23. The molecule has 1 N–H and O–H groups in total. The molecule has 2 unspecified atom stereocenters. The molecule has 0 aromatic rings. The molecule has 0 aliphatic heterocycles. The molecule has 0 aliphatic rings. The fraction of sp³-hybridized carbons (Fsp3) is 0.833. The van der Waals surface area contributed by atoms with Gasteiger partial charge in [-0.2, -0.15) is 0 Å². The van der Waals surface area contributed by atoms with Crippen molar-refractivity contribution in [1.29, 1.82) is 0 Å². The minimum Gasteiger partial charge on any atom is -0.312 e. The summed E-state index contributed by atoms with van der Waals surface area (Å²) < 4.78 is 0. The second-order valence-corrected chi connectivity index (χ2v) is 4.19. The highest BCUT2D eigenvalue weighted by molar-refractivity contribution is 4.74. The average molecular weight is 198 g/mol. The van der Waals surface area contributed by atoms with Gasteiger partial charge in [-0.25, -0.2) is 0 Å². The van der Waals surface area contributed by atoms with Gasteiger partial charge in [-0.3, -0.25) is 0 Å². The highest BCUT2D eigenvalue weighted by atomic mass is 15.1. The Kier molecular flexibility index (Phi) is 7.81. The molecule has 2 heteroatoms. The van der Waals surface area contributed by atoms with Crippen molar-refractivity contribution in [2.45, 2.75) is 45.2 Å². The van der Waals surface area contributed by atoms with Crippen LogP contribution < -0.4 is 5.32 Å². The summed E-state index contributed by atoms with van der Waals surface area (Å²) in [7, 11) is 4.24. The van der Waals surface area contributed by atoms with Crippen molar-refractivity contribution in [1.82, 2.24) is 10.2 Å². The zero-order chi connectivity index (χ0) is 11.0. The SMILES string of the molecule is C=CCCC(CC)NCC(C)N(C)C. The number of rotatable bonds is 8. The molecule has 0 saturated heterocycles. The van der Waals surface area contributed by atoms with Crippen molar-refractivity contribution >= 4 is 0 Å². The first-order valence-corrected chi connectivity index (χ1v) is 5.62. The van der Waals surface area contributed by atoms with Crippen molar-refractivity contribution in [3.8, 4) is 0 Å². The van der Waals surface area contributed by atoms with Crippen LogP contribution in [0.15, 0.2) is 12.7 Å². The van der Waals surface area contributed by atoms with E-state index in [4.69, 9.17) is 0 Å². The van der Waals surface area contributed by atoms with Gasteiger partial charge in [-0.15, -0.1) is 6.58 Å². The van der Waals surface area contributed by atoms with E-state index in [1.807, 2.05) is 6.08 Å². The second kappa shape index (κ2) is 8.01. The van der Waals surface area contributed by atoms with Gasteiger partial charge in [0.15, 0.2) is 0 Å². The van der Waals surface area contributed by atoms with E-state index in [1.54, 1.807) is 0 Å². The molecule has 0 aromatic heterocycles. The van der Waals surface area contributed by atoms with Gasteiger partial charge in [0.05, 0.1) is 0 Å². The smallest absolute Gasteiger partial charge is 0.0186 e. The van der Waals surface area contributed by atoms with E-state index in [0.29, 0.717) is 12.1 Å². The van der Waals surface area contributed by atoms with E-state index in [-0.39, 0.29) is 0 Å². The van der Waals surface area contributed by atoms with Crippen LogP contribution in [-0.2, 0) is 0 Å². The summed E-state index contributed by atoms with van der Waals surface area (Å²) >= 11 is 0. The summed E-state index contributed by atoms with van der Waals surface area (Å²) in [6.07, 6.45) is 5.52. The fourth-order valence-corrected chi connectivity index (χ4v) is 1.29. The van der Waals surface area contributed by atoms with Crippen LogP contribution in [0.5, 0.6) is 0 Å². The first-order valence-electron chi connectivity index (χ1n) is 5.62. The Bertz CT molecular complexity index is 143. The van der Waals surface area contributed by atoms with Gasteiger partial charge < -0.3 is 10.2 Å². The lowest BCUT2D eigenvalue weighted by Crippen LogP contribution is -2.40. The molecular formula is C12H26N2. The lowest BCUT2D eigenvalue weighted by atomic mass is 10.1. The van der Waals surface area contributed by atoms with E-state index in [2.05, 4.69) is 44.7 Å². The Morgan fingerprint density at radius 2 is 2.07 bits per heavy atom. The third-order valence-electron chi connectivity index (χ3n) is 2.80. The standard InChI is InChI=1S/C12H26N2/c1-6-8-9-12(7-2)13-10-11(3)14(4)5/h6,11-13H,1,7-10H2,2-5H3. The van der Waals surface area contributed by atoms with E-state index in [9.17, 15) is 0 Å². The van der Waals surface area contributed by atoms with Crippen molar-refractivity contribution in [3.05, 3.63) is 12.7 Å². The quantitative estimate of drug-likeness (QED) is 0.602. The van der Waals surface area contributed by atoms with Crippen LogP contribution in [0.4, 0.5) is 0 Å². The molecule has 0 aliphatic carbocycles. The van der Waals surface area contributed by atoms with Gasteiger partial charge in [0.25, 0.3) is 0 Å². The zero-order valence-corrected chi connectivity index (χ0v) is 10.2. The maximum absolute atomic E-state index is 3.75. The second-order valence-electron chi connectivity index (χ2n) is 4.19. The van der Waals surface area contributed by atoms with Crippen LogP contribution in [0, 0.1) is 0 Å². The van der Waals surface area contributed by atoms with E-state index < -0.39 is 0 Å². The van der Waals surface area contributed by atoms with Gasteiger partial charge in [0.1, 0.15) is 0 Å². The lowest BCUT2D eigenvalue weighted by molar-refractivity contribution is 0.289. The van der Waals surface area contributed by atoms with Crippen LogP contribution in [0.3, 0.4) is 0 Å². The molecule has 2 nitrogen and oxygen atoms in total. The molecule has 0 aromatic carbocycles. The number of allylic oxidation sites excluding steroid dienone is 1. The molecule has 0 rings (SSSR count). The number of nitrogens with zero attached hydrogens (tertiary/aromatic N) is 1. The molecular weight excluding hydrogens is 172 g/mol. The maximum Gasteiger partial charge on any atom is 0.0186 e. The molecule has 0 fully saturated rings. The van der Waals surface area contributed by atoms with Crippen LogP contribution in [0.2, 0.25) is 0 Å². The summed E-state index contributed by atoms with van der Waals surface area (Å²) in [6.45, 7) is 9.31. The summed E-state index contributed by atoms with van der Waals surface area (Å²) in [4.78, 5) is 2.24. The molecule has 0 amide bonds. The first kappa shape index (κ1) is 13.7. The van der Waals surface area contributed by atoms with Crippen LogP contribution in [0.1, 0.15) is 33.1 Å². The largest absolute Gasteiger partial charge is 0.312 e. The fourth-order valence-electron chi connectivity index (χ4n) is 1.29. The molecule has 0 bridgehead atoms. The molecule has 2 atom stereocenters. The molecule has 84 valence electrons. The highest BCUT2D eigenvalue weighted by Gasteiger charge is 2.08. The molecule has 0 radical (unpaired) electrons. The molecule has 0 saturated carbocycles. The maximum atomic E-state index is 3.75. The zero-order valence-electron chi connectivity index (χ0n) is 10.2. The van der Waals surface area contributed by atoms with Crippen LogP contribution in [-0.4, -0.2) is 37.6 Å². The predicted octanol–water partition coefficient (Wildman–Crippen LogP) is 2.27. The Labute approximate surface area is 89.4 Å². The first-order chi connectivity index (χ1) is 6.61. The van der Waals surface area contributed by atoms with Gasteiger partial charge in [-0.1, -0.05) is 13.0 Å². The highest BCUT2D eigenvalue weighted by Crippen LogP contribution is 2.02. The van der Waals surface area contributed by atoms with E-state index >= 15 is 0 Å². The molecule has 0 heterocycles. The molecule has 0 spiro atoms. The molecule has 14 heavy (non-hydrogen) atoms. The number of nitrogens with one attached hydrogen (secondary N) is 1. The van der Waals surface area contributed by atoms with Crippen LogP contribution in [0.25, 0.3) is 0 Å². The van der Waals surface area contributed by atoms with Crippen molar-refractivity contribution in [2.24, 2.45) is 0 Å². The number of hydrogen-bond donors (Lipinski definition) is 1. The van der Waals surface area contributed by atoms with E-state index in [1.165, 1.54) is 12.8 Å². The minimum atomic E-state index is 0.604. The monoisotopic (exact) mass is 198 g/mol. The van der Waals surface area contributed by atoms with Crippen molar-refractivity contribution in [2.75, 3.05) is 20.6 Å². The summed E-state index contributed by atoms with van der Waals surface area (Å²) in [5.74, 6) is 0. The normalized spacial score (nSPS) is 15.5. The third-order valence-corrected chi connectivity index (χ3v) is 2.80. The van der Waals surface area contributed by atoms with Gasteiger partial charge in [0.2, 0.25) is 0 Å². The average Bonchev–Trinajstić information content (AvgIpc) is 2.17. The van der Waals surface area contributed by atoms with Gasteiger partial charge in [0, 0.05) is 18.6 Å². The van der Waals surface area contributed by atoms with Crippen LogP contribution >= 0.6 is 0 Å². The summed E-state index contributed by atoms with van der Waals surface area (Å²) in [5.41, 5.74) is 0. The Morgan fingerprint density at radius 3 is 2.50 bits per heavy atom. The number of hydrogen-bond acceptors (Lipinski definition) is 2. The van der Waals surface area contributed by atoms with Crippen molar-refractivity contribution < 1.29 is 0 Å². The minimum absolute atomic E-state index is 0.604. The van der Waals surface area contributed by atoms with E-state index in [0.717, 1.165) is 13.0 Å². The Balaban J connectivity index is 3.65.